The van der Waals surface area contributed by atoms with E-state index in [1.54, 1.807) is 13.0 Å². The molecule has 1 N–H and O–H groups in total. The molecule has 1 aromatic heterocycles. The minimum absolute atomic E-state index is 0.0764. The van der Waals surface area contributed by atoms with Crippen LogP contribution < -0.4 is 5.32 Å². The molecule has 21 heavy (non-hydrogen) atoms. The second kappa shape index (κ2) is 5.75. The van der Waals surface area contributed by atoms with Gasteiger partial charge in [-0.15, -0.1) is 0 Å². The molecule has 1 atom stereocenters. The van der Waals surface area contributed by atoms with Crippen molar-refractivity contribution < 1.29 is 18.8 Å². The second-order valence-corrected chi connectivity index (χ2v) is 5.63. The Kier molecular flexibility index (Phi) is 3.97. The van der Waals surface area contributed by atoms with Crippen LogP contribution in [-0.4, -0.2) is 54.1 Å². The zero-order valence-electron chi connectivity index (χ0n) is 12.4. The van der Waals surface area contributed by atoms with Crippen LogP contribution in [0.4, 0.5) is 5.82 Å². The number of aromatic nitrogens is 1. The Bertz CT molecular complexity index is 500. The van der Waals surface area contributed by atoms with Gasteiger partial charge in [0.1, 0.15) is 5.76 Å². The molecular formula is C14H21N3O4. The maximum Gasteiger partial charge on any atom is 0.242 e. The zero-order chi connectivity index (χ0) is 14.9. The van der Waals surface area contributed by atoms with Gasteiger partial charge in [0.05, 0.1) is 19.3 Å². The highest BCUT2D eigenvalue weighted by Gasteiger charge is 2.41. The van der Waals surface area contributed by atoms with Crippen molar-refractivity contribution in [2.45, 2.75) is 38.5 Å². The lowest BCUT2D eigenvalue weighted by atomic mass is 10.0. The van der Waals surface area contributed by atoms with Gasteiger partial charge in [-0.25, -0.2) is 0 Å². The van der Waals surface area contributed by atoms with Crippen LogP contribution in [0.5, 0.6) is 0 Å². The standard InChI is InChI=1S/C14H21N3O4/c1-10-9-12(16-21-10)15-13(18)11(2)17-5-3-14(4-6-17)19-7-8-20-14/h9,11H,3-8H2,1-2H3,(H,15,16,18). The van der Waals surface area contributed by atoms with Crippen molar-refractivity contribution in [3.8, 4) is 0 Å². The number of rotatable bonds is 3. The Hall–Kier alpha value is -1.44. The normalized spacial score (nSPS) is 23.3. The van der Waals surface area contributed by atoms with Gasteiger partial charge in [-0.1, -0.05) is 5.16 Å². The Morgan fingerprint density at radius 1 is 1.38 bits per heavy atom. The minimum atomic E-state index is -0.407. The van der Waals surface area contributed by atoms with Crippen molar-refractivity contribution >= 4 is 11.7 Å². The van der Waals surface area contributed by atoms with Crippen LogP contribution >= 0.6 is 0 Å². The molecule has 116 valence electrons. The highest BCUT2D eigenvalue weighted by molar-refractivity contribution is 5.93. The van der Waals surface area contributed by atoms with Crippen molar-refractivity contribution in [3.05, 3.63) is 11.8 Å². The number of nitrogens with one attached hydrogen (secondary N) is 1. The summed E-state index contributed by atoms with van der Waals surface area (Å²) in [4.78, 5) is 14.4. The summed E-state index contributed by atoms with van der Waals surface area (Å²) in [7, 11) is 0. The van der Waals surface area contributed by atoms with Crippen LogP contribution in [0.15, 0.2) is 10.6 Å². The topological polar surface area (TPSA) is 76.8 Å². The summed E-state index contributed by atoms with van der Waals surface area (Å²) >= 11 is 0. The van der Waals surface area contributed by atoms with Gasteiger partial charge in [-0.3, -0.25) is 9.69 Å². The van der Waals surface area contributed by atoms with E-state index in [0.717, 1.165) is 25.9 Å². The van der Waals surface area contributed by atoms with E-state index < -0.39 is 5.79 Å². The molecule has 1 aromatic rings. The molecule has 7 nitrogen and oxygen atoms in total. The number of aryl methyl sites for hydroxylation is 1. The Morgan fingerprint density at radius 2 is 2.05 bits per heavy atom. The molecule has 0 aromatic carbocycles. The summed E-state index contributed by atoms with van der Waals surface area (Å²) in [5.74, 6) is 0.650. The molecule has 1 amide bonds. The van der Waals surface area contributed by atoms with Crippen molar-refractivity contribution in [1.29, 1.82) is 0 Å². The van der Waals surface area contributed by atoms with Gasteiger partial charge >= 0.3 is 0 Å². The summed E-state index contributed by atoms with van der Waals surface area (Å²) in [5, 5.41) is 6.55. The van der Waals surface area contributed by atoms with Crippen molar-refractivity contribution in [1.82, 2.24) is 10.1 Å². The molecule has 0 saturated carbocycles. The fraction of sp³-hybridized carbons (Fsp3) is 0.714. The van der Waals surface area contributed by atoms with Gasteiger partial charge in [0.15, 0.2) is 11.6 Å². The zero-order valence-corrected chi connectivity index (χ0v) is 12.4. The first-order valence-corrected chi connectivity index (χ1v) is 7.34. The van der Waals surface area contributed by atoms with Crippen molar-refractivity contribution in [2.75, 3.05) is 31.6 Å². The summed E-state index contributed by atoms with van der Waals surface area (Å²) in [5.41, 5.74) is 0. The van der Waals surface area contributed by atoms with Gasteiger partial charge in [-0.2, -0.15) is 0 Å². The number of hydrogen-bond donors (Lipinski definition) is 1. The largest absolute Gasteiger partial charge is 0.360 e. The minimum Gasteiger partial charge on any atom is -0.360 e. The number of carbonyl (C=O) groups excluding carboxylic acids is 1. The quantitative estimate of drug-likeness (QED) is 0.901. The van der Waals surface area contributed by atoms with E-state index in [4.69, 9.17) is 14.0 Å². The number of ether oxygens (including phenoxy) is 2. The van der Waals surface area contributed by atoms with Gasteiger partial charge in [-0.05, 0) is 13.8 Å². The second-order valence-electron chi connectivity index (χ2n) is 5.63. The predicted octanol–water partition coefficient (Wildman–Crippen LogP) is 1.15. The van der Waals surface area contributed by atoms with Gasteiger partial charge in [0, 0.05) is 32.0 Å². The monoisotopic (exact) mass is 295 g/mol. The first-order chi connectivity index (χ1) is 10.1. The lowest BCUT2D eigenvalue weighted by molar-refractivity contribution is -0.187. The highest BCUT2D eigenvalue weighted by atomic mass is 16.7. The maximum absolute atomic E-state index is 12.2. The molecule has 7 heteroatoms. The number of anilines is 1. The van der Waals surface area contributed by atoms with E-state index in [-0.39, 0.29) is 11.9 Å². The predicted molar refractivity (Wildman–Crippen MR) is 74.8 cm³/mol. The average Bonchev–Trinajstić information content (AvgIpc) is 3.09. The molecule has 2 saturated heterocycles. The fourth-order valence-corrected chi connectivity index (χ4v) is 2.86. The van der Waals surface area contributed by atoms with E-state index in [1.165, 1.54) is 0 Å². The molecule has 0 radical (unpaired) electrons. The van der Waals surface area contributed by atoms with Gasteiger partial charge < -0.3 is 19.3 Å². The third-order valence-electron chi connectivity index (χ3n) is 4.18. The smallest absolute Gasteiger partial charge is 0.242 e. The number of carbonyl (C=O) groups is 1. The average molecular weight is 295 g/mol. The van der Waals surface area contributed by atoms with E-state index in [0.29, 0.717) is 24.8 Å². The third kappa shape index (κ3) is 3.09. The SMILES string of the molecule is Cc1cc(NC(=O)C(C)N2CCC3(CC2)OCCO3)no1. The lowest BCUT2D eigenvalue weighted by Gasteiger charge is -2.39. The molecule has 1 unspecified atom stereocenters. The number of hydrogen-bond acceptors (Lipinski definition) is 6. The number of likely N-dealkylation sites (tertiary alicyclic amines) is 1. The molecule has 0 bridgehead atoms. The Balaban J connectivity index is 1.53. The molecule has 1 spiro atoms. The third-order valence-corrected chi connectivity index (χ3v) is 4.18. The summed E-state index contributed by atoms with van der Waals surface area (Å²) < 4.78 is 16.3. The molecule has 2 aliphatic rings. The van der Waals surface area contributed by atoms with Crippen LogP contribution in [0.2, 0.25) is 0 Å². The van der Waals surface area contributed by atoms with Crippen LogP contribution in [0.1, 0.15) is 25.5 Å². The number of nitrogens with zero attached hydrogens (tertiary/aromatic N) is 2. The summed E-state index contributed by atoms with van der Waals surface area (Å²) in [6, 6.07) is 1.48. The van der Waals surface area contributed by atoms with Gasteiger partial charge in [0.2, 0.25) is 5.91 Å². The molecule has 3 heterocycles. The molecule has 0 aliphatic carbocycles. The van der Waals surface area contributed by atoms with E-state index >= 15 is 0 Å². The highest BCUT2D eigenvalue weighted by Crippen LogP contribution is 2.31. The number of amides is 1. The summed E-state index contributed by atoms with van der Waals surface area (Å²) in [6.45, 7) is 6.59. The number of piperidine rings is 1. The molecular weight excluding hydrogens is 274 g/mol. The van der Waals surface area contributed by atoms with Crippen LogP contribution in [0.25, 0.3) is 0 Å². The first-order valence-electron chi connectivity index (χ1n) is 7.34. The molecule has 3 rings (SSSR count). The molecule has 2 fully saturated rings. The first kappa shape index (κ1) is 14.5. The van der Waals surface area contributed by atoms with E-state index in [1.807, 2.05) is 6.92 Å². The van der Waals surface area contributed by atoms with E-state index in [2.05, 4.69) is 15.4 Å². The Labute approximate surface area is 123 Å². The Morgan fingerprint density at radius 3 is 2.62 bits per heavy atom. The van der Waals surface area contributed by atoms with Gasteiger partial charge in [0.25, 0.3) is 0 Å². The van der Waals surface area contributed by atoms with Crippen molar-refractivity contribution in [3.63, 3.8) is 0 Å². The van der Waals surface area contributed by atoms with Crippen molar-refractivity contribution in [2.24, 2.45) is 0 Å². The van der Waals surface area contributed by atoms with E-state index in [9.17, 15) is 4.79 Å². The maximum atomic E-state index is 12.2. The van der Waals surface area contributed by atoms with Crippen LogP contribution in [0, 0.1) is 6.92 Å². The van der Waals surface area contributed by atoms with Crippen LogP contribution in [0.3, 0.4) is 0 Å². The molecule has 2 aliphatic heterocycles. The fourth-order valence-electron chi connectivity index (χ4n) is 2.86. The van der Waals surface area contributed by atoms with Crippen LogP contribution in [-0.2, 0) is 14.3 Å². The lowest BCUT2D eigenvalue weighted by Crippen LogP contribution is -2.51. The summed E-state index contributed by atoms with van der Waals surface area (Å²) in [6.07, 6.45) is 1.60.